The minimum absolute atomic E-state index is 0.0878. The van der Waals surface area contributed by atoms with E-state index in [4.69, 9.17) is 21.1 Å². The van der Waals surface area contributed by atoms with Gasteiger partial charge in [-0.25, -0.2) is 4.98 Å². The van der Waals surface area contributed by atoms with Crippen molar-refractivity contribution in [1.82, 2.24) is 4.98 Å². The maximum absolute atomic E-state index is 12.5. The van der Waals surface area contributed by atoms with E-state index in [2.05, 4.69) is 4.98 Å². The second-order valence-electron chi connectivity index (χ2n) is 6.66. The summed E-state index contributed by atoms with van der Waals surface area (Å²) in [6.45, 7) is 2.86. The van der Waals surface area contributed by atoms with Crippen LogP contribution < -0.4 is 9.64 Å². The van der Waals surface area contributed by atoms with Crippen LogP contribution >= 0.6 is 22.9 Å². The second-order valence-corrected chi connectivity index (χ2v) is 8.08. The number of anilines is 1. The van der Waals surface area contributed by atoms with Crippen molar-refractivity contribution in [1.29, 1.82) is 0 Å². The topological polar surface area (TPSA) is 68.7 Å². The maximum Gasteiger partial charge on any atom is 0.311 e. The number of thiazole rings is 1. The standard InChI is InChI=1S/C21H19ClN2O4S/c1-2-27-15-7-8-17-18(10-15)29-21(23-17)24-11-14(9-19(24)25)20(26)28-12-13-5-3-4-6-16(13)22/h3-8,10,14H,2,9,11-12H2,1H3. The van der Waals surface area contributed by atoms with Crippen LogP contribution in [0.1, 0.15) is 18.9 Å². The van der Waals surface area contributed by atoms with E-state index in [1.807, 2.05) is 37.3 Å². The Morgan fingerprint density at radius 2 is 2.14 bits per heavy atom. The van der Waals surface area contributed by atoms with Crippen LogP contribution in [0.4, 0.5) is 5.13 Å². The first kappa shape index (κ1) is 19.7. The highest BCUT2D eigenvalue weighted by Gasteiger charge is 2.37. The van der Waals surface area contributed by atoms with Crippen molar-refractivity contribution in [3.8, 4) is 5.75 Å². The van der Waals surface area contributed by atoms with Gasteiger partial charge in [0, 0.05) is 23.6 Å². The molecule has 1 amide bonds. The molecule has 1 aromatic heterocycles. The van der Waals surface area contributed by atoms with Gasteiger partial charge in [0.15, 0.2) is 5.13 Å². The Bertz CT molecular complexity index is 1070. The van der Waals surface area contributed by atoms with Gasteiger partial charge in [-0.05, 0) is 31.2 Å². The van der Waals surface area contributed by atoms with Gasteiger partial charge in [0.05, 0.1) is 22.7 Å². The third-order valence-corrected chi connectivity index (χ3v) is 6.09. The van der Waals surface area contributed by atoms with Gasteiger partial charge >= 0.3 is 5.97 Å². The molecule has 0 spiro atoms. The number of esters is 1. The first-order valence-corrected chi connectivity index (χ1v) is 10.5. The fourth-order valence-electron chi connectivity index (χ4n) is 3.20. The molecule has 0 radical (unpaired) electrons. The third-order valence-electron chi connectivity index (χ3n) is 4.68. The number of hydrogen-bond acceptors (Lipinski definition) is 6. The number of aromatic nitrogens is 1. The summed E-state index contributed by atoms with van der Waals surface area (Å²) in [6, 6.07) is 12.8. The number of carbonyl (C=O) groups excluding carboxylic acids is 2. The van der Waals surface area contributed by atoms with E-state index in [0.717, 1.165) is 21.5 Å². The average molecular weight is 431 g/mol. The van der Waals surface area contributed by atoms with E-state index < -0.39 is 11.9 Å². The van der Waals surface area contributed by atoms with Crippen LogP contribution in [0.3, 0.4) is 0 Å². The first-order valence-electron chi connectivity index (χ1n) is 9.29. The summed E-state index contributed by atoms with van der Waals surface area (Å²) in [4.78, 5) is 31.1. The molecular formula is C21H19ClN2O4S. The molecule has 1 unspecified atom stereocenters. The zero-order valence-electron chi connectivity index (χ0n) is 15.8. The van der Waals surface area contributed by atoms with E-state index in [1.165, 1.54) is 11.3 Å². The lowest BCUT2D eigenvalue weighted by molar-refractivity contribution is -0.149. The van der Waals surface area contributed by atoms with Crippen LogP contribution in [0.5, 0.6) is 5.75 Å². The molecule has 1 fully saturated rings. The lowest BCUT2D eigenvalue weighted by Gasteiger charge is -2.13. The highest BCUT2D eigenvalue weighted by Crippen LogP contribution is 2.34. The van der Waals surface area contributed by atoms with Crippen LogP contribution in [0.25, 0.3) is 10.2 Å². The smallest absolute Gasteiger partial charge is 0.311 e. The molecule has 0 aliphatic carbocycles. The fourth-order valence-corrected chi connectivity index (χ4v) is 4.41. The monoisotopic (exact) mass is 430 g/mol. The summed E-state index contributed by atoms with van der Waals surface area (Å²) in [5, 5.41) is 1.13. The van der Waals surface area contributed by atoms with Crippen molar-refractivity contribution in [3.63, 3.8) is 0 Å². The van der Waals surface area contributed by atoms with Gasteiger partial charge in [0.1, 0.15) is 12.4 Å². The lowest BCUT2D eigenvalue weighted by Crippen LogP contribution is -2.26. The molecule has 0 saturated carbocycles. The van der Waals surface area contributed by atoms with Gasteiger partial charge in [-0.2, -0.15) is 0 Å². The Hall–Kier alpha value is -2.64. The number of ether oxygens (including phenoxy) is 2. The van der Waals surface area contributed by atoms with E-state index in [-0.39, 0.29) is 25.5 Å². The van der Waals surface area contributed by atoms with Crippen molar-refractivity contribution >= 4 is 50.2 Å². The quantitative estimate of drug-likeness (QED) is 0.540. The zero-order chi connectivity index (χ0) is 20.4. The molecular weight excluding hydrogens is 412 g/mol. The molecule has 1 atom stereocenters. The minimum atomic E-state index is -0.518. The van der Waals surface area contributed by atoms with Gasteiger partial charge in [-0.15, -0.1) is 0 Å². The lowest BCUT2D eigenvalue weighted by atomic mass is 10.1. The molecule has 3 aromatic rings. The van der Waals surface area contributed by atoms with Crippen molar-refractivity contribution in [2.24, 2.45) is 5.92 Å². The van der Waals surface area contributed by atoms with E-state index >= 15 is 0 Å². The molecule has 150 valence electrons. The molecule has 6 nitrogen and oxygen atoms in total. The van der Waals surface area contributed by atoms with E-state index in [1.54, 1.807) is 17.0 Å². The molecule has 4 rings (SSSR count). The molecule has 1 aliphatic heterocycles. The zero-order valence-corrected chi connectivity index (χ0v) is 17.3. The summed E-state index contributed by atoms with van der Waals surface area (Å²) in [5.74, 6) is -0.283. The van der Waals surface area contributed by atoms with Gasteiger partial charge < -0.3 is 9.47 Å². The predicted molar refractivity (Wildman–Crippen MR) is 112 cm³/mol. The maximum atomic E-state index is 12.5. The van der Waals surface area contributed by atoms with Crippen molar-refractivity contribution in [2.45, 2.75) is 20.0 Å². The fraction of sp³-hybridized carbons (Fsp3) is 0.286. The summed E-state index contributed by atoms with van der Waals surface area (Å²) in [7, 11) is 0. The summed E-state index contributed by atoms with van der Waals surface area (Å²) >= 11 is 7.50. The first-order chi connectivity index (χ1) is 14.0. The normalized spacial score (nSPS) is 16.4. The summed E-state index contributed by atoms with van der Waals surface area (Å²) in [5.41, 5.74) is 1.53. The Balaban J connectivity index is 1.44. The predicted octanol–water partition coefficient (Wildman–Crippen LogP) is 4.44. The molecule has 1 aliphatic rings. The largest absolute Gasteiger partial charge is 0.494 e. The Morgan fingerprint density at radius 1 is 1.31 bits per heavy atom. The number of carbonyl (C=O) groups is 2. The Morgan fingerprint density at radius 3 is 2.93 bits per heavy atom. The molecule has 1 saturated heterocycles. The SMILES string of the molecule is CCOc1ccc2nc(N3CC(C(=O)OCc4ccccc4Cl)CC3=O)sc2c1. The number of halogens is 1. The van der Waals surface area contributed by atoms with Crippen LogP contribution in [-0.4, -0.2) is 30.0 Å². The average Bonchev–Trinajstić information content (AvgIpc) is 3.30. The number of rotatable bonds is 6. The Kier molecular flexibility index (Phi) is 5.69. The van der Waals surface area contributed by atoms with Crippen molar-refractivity contribution in [2.75, 3.05) is 18.1 Å². The van der Waals surface area contributed by atoms with E-state index in [9.17, 15) is 9.59 Å². The van der Waals surface area contributed by atoms with Gasteiger partial charge in [0.25, 0.3) is 0 Å². The number of benzene rings is 2. The van der Waals surface area contributed by atoms with Crippen molar-refractivity contribution in [3.05, 3.63) is 53.1 Å². The minimum Gasteiger partial charge on any atom is -0.494 e. The number of hydrogen-bond donors (Lipinski definition) is 0. The Labute approximate surface area is 177 Å². The molecule has 8 heteroatoms. The second kappa shape index (κ2) is 8.39. The molecule has 29 heavy (non-hydrogen) atoms. The van der Waals surface area contributed by atoms with Gasteiger partial charge in [-0.1, -0.05) is 41.1 Å². The summed E-state index contributed by atoms with van der Waals surface area (Å²) in [6.07, 6.45) is 0.113. The van der Waals surface area contributed by atoms with Crippen LogP contribution in [0.15, 0.2) is 42.5 Å². The highest BCUT2D eigenvalue weighted by molar-refractivity contribution is 7.22. The van der Waals surface area contributed by atoms with E-state index in [0.29, 0.717) is 16.8 Å². The van der Waals surface area contributed by atoms with Gasteiger partial charge in [0.2, 0.25) is 5.91 Å². The molecule has 0 N–H and O–H groups in total. The van der Waals surface area contributed by atoms with Crippen LogP contribution in [-0.2, 0) is 20.9 Å². The molecule has 2 heterocycles. The third kappa shape index (κ3) is 4.21. The molecule has 0 bridgehead atoms. The number of fused-ring (bicyclic) bond motifs is 1. The van der Waals surface area contributed by atoms with Crippen LogP contribution in [0.2, 0.25) is 5.02 Å². The van der Waals surface area contributed by atoms with Crippen molar-refractivity contribution < 1.29 is 19.1 Å². The van der Waals surface area contributed by atoms with Gasteiger partial charge in [-0.3, -0.25) is 14.5 Å². The number of amides is 1. The molecule has 2 aromatic carbocycles. The van der Waals surface area contributed by atoms with Crippen LogP contribution in [0, 0.1) is 5.92 Å². The number of nitrogens with zero attached hydrogens (tertiary/aromatic N) is 2. The highest BCUT2D eigenvalue weighted by atomic mass is 35.5. The summed E-state index contributed by atoms with van der Waals surface area (Å²) < 4.78 is 11.8.